The van der Waals surface area contributed by atoms with Gasteiger partial charge in [0.1, 0.15) is 13.1 Å². The summed E-state index contributed by atoms with van der Waals surface area (Å²) < 4.78 is 17.7. The van der Waals surface area contributed by atoms with Crippen LogP contribution in [0, 0.1) is 17.3 Å². The maximum atomic E-state index is 10.7. The molecule has 0 saturated heterocycles. The Balaban J connectivity index is 0. The second kappa shape index (κ2) is 22.5. The molecule has 0 spiro atoms. The van der Waals surface area contributed by atoms with Gasteiger partial charge in [0, 0.05) is 11.1 Å². The van der Waals surface area contributed by atoms with Crippen molar-refractivity contribution in [1.29, 1.82) is 0 Å². The van der Waals surface area contributed by atoms with Gasteiger partial charge in [-0.2, -0.15) is 0 Å². The second-order valence-electron chi connectivity index (χ2n) is 7.83. The van der Waals surface area contributed by atoms with Crippen LogP contribution in [-0.4, -0.2) is 66.1 Å². The Morgan fingerprint density at radius 1 is 1.09 bits per heavy atom. The maximum Gasteiger partial charge on any atom is 0.327 e. The van der Waals surface area contributed by atoms with Gasteiger partial charge in [-0.1, -0.05) is 10.3 Å². The van der Waals surface area contributed by atoms with E-state index in [4.69, 9.17) is 12.0 Å². The number of azide groups is 1. The van der Waals surface area contributed by atoms with E-state index in [9.17, 15) is 9.59 Å². The van der Waals surface area contributed by atoms with Gasteiger partial charge in [0.05, 0.1) is 19.9 Å². The third kappa shape index (κ3) is 18.2. The molecule has 1 heterocycles. The molecule has 0 aromatic carbocycles. The van der Waals surface area contributed by atoms with Crippen LogP contribution in [0.3, 0.4) is 0 Å². The first-order valence-electron chi connectivity index (χ1n) is 11.8. The van der Waals surface area contributed by atoms with Crippen molar-refractivity contribution in [3.05, 3.63) is 22.3 Å². The number of aromatic nitrogens is 3. The molecule has 0 fully saturated rings. The Bertz CT molecular complexity index is 750. The average Bonchev–Trinajstić information content (AvgIpc) is 3.27. The van der Waals surface area contributed by atoms with Gasteiger partial charge in [0.25, 0.3) is 0 Å². The van der Waals surface area contributed by atoms with Gasteiger partial charge in [0.15, 0.2) is 0 Å². The molecule has 0 atom stereocenters. The van der Waals surface area contributed by atoms with Crippen molar-refractivity contribution in [3.63, 3.8) is 0 Å². The quantitative estimate of drug-likeness (QED) is 0.0777. The van der Waals surface area contributed by atoms with Crippen molar-refractivity contribution in [2.75, 3.05) is 20.8 Å². The molecule has 1 aromatic rings. The molecule has 0 aliphatic heterocycles. The van der Waals surface area contributed by atoms with Gasteiger partial charge in [0.2, 0.25) is 0 Å². The van der Waals surface area contributed by atoms with E-state index in [2.05, 4.69) is 54.5 Å². The van der Waals surface area contributed by atoms with Crippen LogP contribution >= 0.6 is 0 Å². The minimum absolute atomic E-state index is 0.122. The smallest absolute Gasteiger partial charge is 0.327 e. The Morgan fingerprint density at radius 3 is 1.91 bits per heavy atom. The van der Waals surface area contributed by atoms with Crippen LogP contribution in [-0.2, 0) is 25.6 Å². The van der Waals surface area contributed by atoms with E-state index in [1.54, 1.807) is 13.1 Å². The maximum absolute atomic E-state index is 10.7. The molecule has 1 aromatic heterocycles. The third-order valence-corrected chi connectivity index (χ3v) is 18.0. The van der Waals surface area contributed by atoms with E-state index in [1.807, 2.05) is 0 Å². The van der Waals surface area contributed by atoms with Crippen LogP contribution in [0.5, 0.6) is 0 Å². The monoisotopic (exact) mass is 586 g/mol. The summed E-state index contributed by atoms with van der Waals surface area (Å²) in [5, 5.41) is 10.3. The summed E-state index contributed by atoms with van der Waals surface area (Å²) in [6.45, 7) is 8.55. The summed E-state index contributed by atoms with van der Waals surface area (Å²) in [4.78, 5) is 23.1. The number of ether oxygens (including phenoxy) is 2. The first-order valence-corrected chi connectivity index (χ1v) is 19.2. The number of hydrogen-bond donors (Lipinski definition) is 0. The fraction of sp³-hybridized carbons (Fsp3) is 0.739. The molecule has 1 rings (SSSR count). The minimum atomic E-state index is -2.09. The van der Waals surface area contributed by atoms with E-state index in [0.717, 1.165) is 5.69 Å². The number of carbonyl (C=O) groups excluding carboxylic acids is 2. The van der Waals surface area contributed by atoms with Crippen molar-refractivity contribution in [2.24, 2.45) is 5.11 Å². The number of rotatable bonds is 13. The van der Waals surface area contributed by atoms with Crippen LogP contribution in [0.2, 0.25) is 13.3 Å². The van der Waals surface area contributed by atoms with E-state index in [-0.39, 0.29) is 19.1 Å². The molecule has 0 aliphatic rings. The summed E-state index contributed by atoms with van der Waals surface area (Å²) in [5.74, 6) is -0.849. The molecule has 0 aliphatic carbocycles. The molecule has 34 heavy (non-hydrogen) atoms. The Morgan fingerprint density at radius 2 is 1.59 bits per heavy atom. The van der Waals surface area contributed by atoms with Gasteiger partial charge in [-0.15, -0.1) is 5.10 Å². The number of methoxy groups -OCH3 is 2. The summed E-state index contributed by atoms with van der Waals surface area (Å²) in [6.07, 6.45) is 15.7. The fourth-order valence-electron chi connectivity index (χ4n) is 2.96. The van der Waals surface area contributed by atoms with Crippen molar-refractivity contribution in [3.8, 4) is 10.4 Å². The molecule has 0 unspecified atom stereocenters. The predicted molar refractivity (Wildman–Crippen MR) is 137 cm³/mol. The standard InChI is InChI=1S/C6H9N3O2.3C4H9.C3H5N3O2.C2H.Sn/c1-5-3-9(8-7-5)4-6(10)11-2;3*1-3-4-2;1-8-3(7)2-5-6-4;1-2;/h3H,4H2,1-2H3;3*1,3-4H2,2H3;2H2,1H3;1H;. The van der Waals surface area contributed by atoms with E-state index in [1.165, 1.54) is 70.7 Å². The zero-order valence-electron chi connectivity index (χ0n) is 21.7. The zero-order chi connectivity index (χ0) is 26.2. The molecule has 0 amide bonds. The summed E-state index contributed by atoms with van der Waals surface area (Å²) in [5.41, 5.74) is 8.45. The number of esters is 2. The minimum Gasteiger partial charge on any atom is -0.469 e. The van der Waals surface area contributed by atoms with Crippen LogP contribution in [0.4, 0.5) is 0 Å². The van der Waals surface area contributed by atoms with Gasteiger partial charge in [-0.05, 0) is 12.5 Å². The van der Waals surface area contributed by atoms with Crippen LogP contribution in [0.15, 0.2) is 11.3 Å². The van der Waals surface area contributed by atoms with Gasteiger partial charge >= 0.3 is 113 Å². The first kappa shape index (κ1) is 33.9. The molecular formula is C23H42N6O4Sn. The third-order valence-electron chi connectivity index (χ3n) is 5.00. The van der Waals surface area contributed by atoms with Crippen LogP contribution < -0.4 is 0 Å². The molecular weight excluding hydrogens is 543 g/mol. The van der Waals surface area contributed by atoms with Crippen molar-refractivity contribution >= 4 is 30.3 Å². The van der Waals surface area contributed by atoms with E-state index < -0.39 is 24.3 Å². The summed E-state index contributed by atoms with van der Waals surface area (Å²) >= 11 is -2.09. The number of unbranched alkanes of at least 4 members (excludes halogenated alkanes) is 3. The SMILES string of the molecule is C#[C][Sn]([CH2]CCC)([CH2]CCC)[CH2]CCC.COC(=O)CN=[N+]=[N-].COC(=O)Cn1cc(C)nn1. The van der Waals surface area contributed by atoms with E-state index >= 15 is 0 Å². The summed E-state index contributed by atoms with van der Waals surface area (Å²) in [6, 6.07) is 0. The van der Waals surface area contributed by atoms with E-state index in [0.29, 0.717) is 0 Å². The predicted octanol–water partition coefficient (Wildman–Crippen LogP) is 5.24. The Hall–Kier alpha value is -2.25. The average molecular weight is 585 g/mol. The normalized spacial score (nSPS) is 9.79. The zero-order valence-corrected chi connectivity index (χ0v) is 24.6. The van der Waals surface area contributed by atoms with Crippen molar-refractivity contribution in [2.45, 2.75) is 86.1 Å². The molecule has 10 nitrogen and oxygen atoms in total. The fourth-order valence-corrected chi connectivity index (χ4v) is 15.2. The molecule has 0 N–H and O–H groups in total. The number of carbonyl (C=O) groups is 2. The number of aryl methyl sites for hydroxylation is 1. The van der Waals surface area contributed by atoms with Crippen LogP contribution in [0.1, 0.15) is 65.0 Å². The molecule has 0 bridgehead atoms. The van der Waals surface area contributed by atoms with Gasteiger partial charge < -0.3 is 9.47 Å². The van der Waals surface area contributed by atoms with Crippen molar-refractivity contribution in [1.82, 2.24) is 15.0 Å². The van der Waals surface area contributed by atoms with Crippen LogP contribution in [0.25, 0.3) is 10.4 Å². The van der Waals surface area contributed by atoms with Crippen molar-refractivity contribution < 1.29 is 19.1 Å². The molecule has 0 radical (unpaired) electrons. The topological polar surface area (TPSA) is 132 Å². The first-order chi connectivity index (χ1) is 16.3. The number of nitrogens with zero attached hydrogens (tertiary/aromatic N) is 6. The number of hydrogen-bond acceptors (Lipinski definition) is 7. The second-order valence-corrected chi connectivity index (χ2v) is 20.2. The van der Waals surface area contributed by atoms with Gasteiger partial charge in [-0.3, -0.25) is 9.59 Å². The molecule has 192 valence electrons. The molecule has 11 heteroatoms. The summed E-state index contributed by atoms with van der Waals surface area (Å²) in [7, 11) is 2.57. The Kier molecular flexibility index (Phi) is 22.5. The molecule has 0 saturated carbocycles. The Labute approximate surface area is 208 Å². The largest absolute Gasteiger partial charge is 0.469 e. The van der Waals surface area contributed by atoms with Gasteiger partial charge in [-0.25, -0.2) is 4.68 Å². The number of terminal acetylenes is 1.